The zero-order chi connectivity index (χ0) is 15.2. The Kier molecular flexibility index (Phi) is 5.09. The number of fused-ring (bicyclic) bond motifs is 1. The first-order valence-corrected chi connectivity index (χ1v) is 7.27. The van der Waals surface area contributed by atoms with Gasteiger partial charge in [-0.3, -0.25) is 4.79 Å². The van der Waals surface area contributed by atoms with Crippen LogP contribution in [0.15, 0.2) is 30.5 Å². The second-order valence-corrected chi connectivity index (χ2v) is 5.49. The summed E-state index contributed by atoms with van der Waals surface area (Å²) in [5.74, 6) is -0.999. The number of hydrogen-bond acceptors (Lipinski definition) is 4. The van der Waals surface area contributed by atoms with Gasteiger partial charge < -0.3 is 10.4 Å². The van der Waals surface area contributed by atoms with Crippen LogP contribution in [-0.2, 0) is 4.79 Å². The van der Waals surface area contributed by atoms with Crippen LogP contribution in [0.3, 0.4) is 0 Å². The number of aromatic nitrogens is 2. The quantitative estimate of drug-likeness (QED) is 0.817. The smallest absolute Gasteiger partial charge is 0.306 e. The van der Waals surface area contributed by atoms with Crippen molar-refractivity contribution in [2.75, 3.05) is 5.32 Å². The van der Waals surface area contributed by atoms with Gasteiger partial charge >= 0.3 is 5.97 Å². The normalized spacial score (nSPS) is 13.8. The second-order valence-electron chi connectivity index (χ2n) is 5.49. The first-order chi connectivity index (χ1) is 10.1. The molecule has 0 radical (unpaired) electrons. The minimum atomic E-state index is -0.722. The van der Waals surface area contributed by atoms with E-state index in [9.17, 15) is 4.79 Å². The zero-order valence-corrected chi connectivity index (χ0v) is 12.4. The third-order valence-corrected chi connectivity index (χ3v) is 3.64. The molecule has 1 heterocycles. The van der Waals surface area contributed by atoms with E-state index in [1.807, 2.05) is 24.3 Å². The molecule has 5 nitrogen and oxygen atoms in total. The molecule has 112 valence electrons. The third-order valence-electron chi connectivity index (χ3n) is 3.64. The predicted molar refractivity (Wildman–Crippen MR) is 83.3 cm³/mol. The number of hydrogen-bond donors (Lipinski definition) is 2. The van der Waals surface area contributed by atoms with Crippen molar-refractivity contribution >= 4 is 22.6 Å². The zero-order valence-electron chi connectivity index (χ0n) is 12.4. The molecular formula is C16H21N3O2. The number of carboxylic acid groups (broad SMARTS) is 1. The lowest BCUT2D eigenvalue weighted by molar-refractivity contribution is -0.141. The first kappa shape index (κ1) is 15.2. The number of carbonyl (C=O) groups is 1. The molecule has 0 spiro atoms. The Labute approximate surface area is 124 Å². The summed E-state index contributed by atoms with van der Waals surface area (Å²) in [6, 6.07) is 8.14. The Morgan fingerprint density at radius 3 is 2.81 bits per heavy atom. The molecule has 0 amide bonds. The summed E-state index contributed by atoms with van der Waals surface area (Å²) >= 11 is 0. The molecule has 0 saturated heterocycles. The average Bonchev–Trinajstić information content (AvgIpc) is 2.47. The Morgan fingerprint density at radius 1 is 1.29 bits per heavy atom. The van der Waals surface area contributed by atoms with E-state index in [-0.39, 0.29) is 12.0 Å². The molecule has 2 N–H and O–H groups in total. The maximum absolute atomic E-state index is 10.8. The molecule has 21 heavy (non-hydrogen) atoms. The monoisotopic (exact) mass is 287 g/mol. The largest absolute Gasteiger partial charge is 0.481 e. The highest BCUT2D eigenvalue weighted by atomic mass is 16.4. The summed E-state index contributed by atoms with van der Waals surface area (Å²) in [7, 11) is 0. The van der Waals surface area contributed by atoms with E-state index in [0.717, 1.165) is 29.4 Å². The van der Waals surface area contributed by atoms with Crippen molar-refractivity contribution in [2.24, 2.45) is 5.92 Å². The molecule has 1 aromatic heterocycles. The van der Waals surface area contributed by atoms with Gasteiger partial charge in [0.25, 0.3) is 0 Å². The molecule has 1 aromatic carbocycles. The molecule has 5 heteroatoms. The van der Waals surface area contributed by atoms with Crippen LogP contribution in [0, 0.1) is 5.92 Å². The van der Waals surface area contributed by atoms with Crippen LogP contribution in [-0.4, -0.2) is 27.3 Å². The molecular weight excluding hydrogens is 266 g/mol. The number of aliphatic carboxylic acids is 1. The van der Waals surface area contributed by atoms with Crippen LogP contribution in [0.25, 0.3) is 10.9 Å². The van der Waals surface area contributed by atoms with E-state index in [4.69, 9.17) is 5.11 Å². The van der Waals surface area contributed by atoms with Crippen molar-refractivity contribution in [1.82, 2.24) is 10.2 Å². The fourth-order valence-corrected chi connectivity index (χ4v) is 2.31. The number of benzene rings is 1. The van der Waals surface area contributed by atoms with Gasteiger partial charge in [0.1, 0.15) is 0 Å². The predicted octanol–water partition coefficient (Wildman–Crippen LogP) is 3.32. The molecule has 0 saturated carbocycles. The molecule has 0 fully saturated rings. The lowest BCUT2D eigenvalue weighted by Crippen LogP contribution is -2.17. The fraction of sp³-hybridized carbons (Fsp3) is 0.438. The van der Waals surface area contributed by atoms with Crippen molar-refractivity contribution in [3.63, 3.8) is 0 Å². The summed E-state index contributed by atoms with van der Waals surface area (Å²) in [5.41, 5.74) is 1.84. The topological polar surface area (TPSA) is 75.1 Å². The SMILES string of the molecule is CC(CCCC(C)C(=O)O)Nc1cnnc2ccccc12. The van der Waals surface area contributed by atoms with Gasteiger partial charge in [-0.05, 0) is 25.8 Å². The summed E-state index contributed by atoms with van der Waals surface area (Å²) < 4.78 is 0. The number of carboxylic acids is 1. The minimum absolute atomic E-state index is 0.263. The summed E-state index contributed by atoms with van der Waals surface area (Å²) in [4.78, 5) is 10.8. The Balaban J connectivity index is 1.92. The van der Waals surface area contributed by atoms with E-state index >= 15 is 0 Å². The highest BCUT2D eigenvalue weighted by Gasteiger charge is 2.12. The fourth-order valence-electron chi connectivity index (χ4n) is 2.31. The number of nitrogens with zero attached hydrogens (tertiary/aromatic N) is 2. The lowest BCUT2D eigenvalue weighted by atomic mass is 10.0. The molecule has 2 unspecified atom stereocenters. The summed E-state index contributed by atoms with van der Waals surface area (Å²) in [5, 5.41) is 21.5. The van der Waals surface area contributed by atoms with Crippen molar-refractivity contribution in [1.29, 1.82) is 0 Å². The van der Waals surface area contributed by atoms with Crippen molar-refractivity contribution in [3.8, 4) is 0 Å². The summed E-state index contributed by atoms with van der Waals surface area (Å²) in [6.45, 7) is 3.85. The highest BCUT2D eigenvalue weighted by molar-refractivity contribution is 5.90. The molecule has 0 bridgehead atoms. The maximum Gasteiger partial charge on any atom is 0.306 e. The number of rotatable bonds is 7. The van der Waals surface area contributed by atoms with E-state index in [0.29, 0.717) is 6.42 Å². The number of anilines is 1. The van der Waals surface area contributed by atoms with Gasteiger partial charge in [0.2, 0.25) is 0 Å². The van der Waals surface area contributed by atoms with Crippen molar-refractivity contribution < 1.29 is 9.90 Å². The van der Waals surface area contributed by atoms with Crippen LogP contribution in [0.2, 0.25) is 0 Å². The minimum Gasteiger partial charge on any atom is -0.481 e. The molecule has 0 aliphatic rings. The van der Waals surface area contributed by atoms with E-state index in [2.05, 4.69) is 22.4 Å². The summed E-state index contributed by atoms with van der Waals surface area (Å²) in [6.07, 6.45) is 4.25. The van der Waals surface area contributed by atoms with Gasteiger partial charge in [-0.1, -0.05) is 31.5 Å². The van der Waals surface area contributed by atoms with Crippen molar-refractivity contribution in [3.05, 3.63) is 30.5 Å². The van der Waals surface area contributed by atoms with Gasteiger partial charge in [0.05, 0.1) is 23.3 Å². The highest BCUT2D eigenvalue weighted by Crippen LogP contribution is 2.21. The van der Waals surface area contributed by atoms with Crippen molar-refractivity contribution in [2.45, 2.75) is 39.2 Å². The molecule has 2 atom stereocenters. The molecule has 0 aliphatic carbocycles. The molecule has 2 rings (SSSR count). The van der Waals surface area contributed by atoms with Gasteiger partial charge in [-0.25, -0.2) is 0 Å². The Hall–Kier alpha value is -2.17. The van der Waals surface area contributed by atoms with Gasteiger partial charge in [0, 0.05) is 11.4 Å². The van der Waals surface area contributed by atoms with E-state index < -0.39 is 5.97 Å². The Bertz CT molecular complexity index is 610. The van der Waals surface area contributed by atoms with Crippen LogP contribution in [0.4, 0.5) is 5.69 Å². The second kappa shape index (κ2) is 7.02. The van der Waals surface area contributed by atoms with Crippen LogP contribution < -0.4 is 5.32 Å². The van der Waals surface area contributed by atoms with E-state index in [1.165, 1.54) is 0 Å². The van der Waals surface area contributed by atoms with Crippen LogP contribution in [0.5, 0.6) is 0 Å². The number of nitrogens with one attached hydrogen (secondary N) is 1. The van der Waals surface area contributed by atoms with Gasteiger partial charge in [-0.15, -0.1) is 0 Å². The van der Waals surface area contributed by atoms with Crippen LogP contribution >= 0.6 is 0 Å². The Morgan fingerprint density at radius 2 is 2.05 bits per heavy atom. The van der Waals surface area contributed by atoms with Gasteiger partial charge in [0.15, 0.2) is 0 Å². The average molecular weight is 287 g/mol. The van der Waals surface area contributed by atoms with Gasteiger partial charge in [-0.2, -0.15) is 10.2 Å². The van der Waals surface area contributed by atoms with E-state index in [1.54, 1.807) is 13.1 Å². The standard InChI is InChI=1S/C16H21N3O2/c1-11(16(20)21)6-5-7-12(2)18-15-10-17-19-14-9-4-3-8-13(14)15/h3-4,8-12H,5-7H2,1-2H3,(H,18,19)(H,20,21). The van der Waals surface area contributed by atoms with Crippen LogP contribution in [0.1, 0.15) is 33.1 Å². The lowest BCUT2D eigenvalue weighted by Gasteiger charge is -2.16. The maximum atomic E-state index is 10.8. The first-order valence-electron chi connectivity index (χ1n) is 7.27. The molecule has 2 aromatic rings. The molecule has 0 aliphatic heterocycles. The third kappa shape index (κ3) is 4.15.